The Morgan fingerprint density at radius 2 is 1.75 bits per heavy atom. The number of ketones is 1. The summed E-state index contributed by atoms with van der Waals surface area (Å²) in [6.45, 7) is 6.04. The van der Waals surface area contributed by atoms with Gasteiger partial charge in [0.1, 0.15) is 23.5 Å². The van der Waals surface area contributed by atoms with Gasteiger partial charge in [0.25, 0.3) is 5.91 Å². The van der Waals surface area contributed by atoms with Crippen molar-refractivity contribution in [3.05, 3.63) is 59.7 Å². The molecule has 8 atom stereocenters. The fourth-order valence-electron chi connectivity index (χ4n) is 7.37. The fourth-order valence-corrected chi connectivity index (χ4v) is 7.37. The molecule has 0 unspecified atom stereocenters. The summed E-state index contributed by atoms with van der Waals surface area (Å²) in [7, 11) is 3.15. The lowest BCUT2D eigenvalue weighted by Crippen LogP contribution is -2.72. The lowest BCUT2D eigenvalue weighted by Gasteiger charge is -2.60. The molecule has 236 valence electrons. The molecule has 1 saturated carbocycles. The van der Waals surface area contributed by atoms with Crippen molar-refractivity contribution in [1.82, 2.24) is 5.32 Å². The number of allylic oxidation sites excluding steroid dienone is 1. The molecule has 10 nitrogen and oxygen atoms in total. The van der Waals surface area contributed by atoms with Gasteiger partial charge in [0, 0.05) is 29.4 Å². The fraction of sp³-hybridized carbons (Fsp3) is 0.529. The summed E-state index contributed by atoms with van der Waals surface area (Å²) in [5.74, 6) is 1.22. The summed E-state index contributed by atoms with van der Waals surface area (Å²) in [6, 6.07) is 12.0. The zero-order valence-electron chi connectivity index (χ0n) is 25.9. The van der Waals surface area contributed by atoms with Crippen molar-refractivity contribution in [3.63, 3.8) is 0 Å². The van der Waals surface area contributed by atoms with Gasteiger partial charge in [0.15, 0.2) is 24.3 Å². The first-order chi connectivity index (χ1) is 21.2. The van der Waals surface area contributed by atoms with Gasteiger partial charge in [-0.3, -0.25) is 9.59 Å². The lowest BCUT2D eigenvalue weighted by atomic mass is 9.58. The molecule has 4 saturated heterocycles. The summed E-state index contributed by atoms with van der Waals surface area (Å²) < 4.78 is 29.2. The second kappa shape index (κ2) is 12.2. The maximum Gasteiger partial charge on any atom is 0.259 e. The number of rotatable bonds is 9. The van der Waals surface area contributed by atoms with Crippen molar-refractivity contribution in [2.45, 2.75) is 70.4 Å². The largest absolute Gasteiger partial charge is 0.497 e. The van der Waals surface area contributed by atoms with Gasteiger partial charge in [0.2, 0.25) is 5.79 Å². The summed E-state index contributed by atoms with van der Waals surface area (Å²) in [5.41, 5.74) is 0.527. The van der Waals surface area contributed by atoms with E-state index in [1.165, 1.54) is 6.08 Å². The SMILES string of the molecule is COc1ccc(OC)c(/C=C/C(=O)c2ccc(OCC(=O)N[C@H]3O[C@@H]4O[C@@]5(C)CC[C@H]6[C@H](C)CC[C@@H]([C@H]3C)[C@@]46OO5)cc2)c1. The van der Waals surface area contributed by atoms with E-state index in [1.54, 1.807) is 62.8 Å². The second-order valence-electron chi connectivity index (χ2n) is 12.5. The molecule has 0 aromatic heterocycles. The van der Waals surface area contributed by atoms with E-state index in [-0.39, 0.29) is 36.1 Å². The van der Waals surface area contributed by atoms with Crippen molar-refractivity contribution in [3.8, 4) is 17.2 Å². The van der Waals surface area contributed by atoms with Crippen LogP contribution in [0.2, 0.25) is 0 Å². The Balaban J connectivity index is 1.06. The van der Waals surface area contributed by atoms with Crippen LogP contribution in [0.3, 0.4) is 0 Å². The predicted octanol–water partition coefficient (Wildman–Crippen LogP) is 5.30. The third-order valence-electron chi connectivity index (χ3n) is 9.82. The Bertz CT molecular complexity index is 1410. The summed E-state index contributed by atoms with van der Waals surface area (Å²) >= 11 is 0. The Morgan fingerprint density at radius 1 is 0.977 bits per heavy atom. The molecule has 1 spiro atoms. The molecule has 10 heteroatoms. The number of hydrogen-bond acceptors (Lipinski definition) is 9. The van der Waals surface area contributed by atoms with Gasteiger partial charge in [-0.05, 0) is 92.6 Å². The maximum absolute atomic E-state index is 13.0. The number of ether oxygens (including phenoxy) is 5. The number of nitrogens with one attached hydrogen (secondary N) is 1. The average Bonchev–Trinajstić information content (AvgIpc) is 3.27. The molecule has 0 radical (unpaired) electrons. The Labute approximate surface area is 257 Å². The number of hydrogen-bond donors (Lipinski definition) is 1. The molecule has 4 aliphatic heterocycles. The molecule has 5 fully saturated rings. The first kappa shape index (κ1) is 30.6. The number of amides is 1. The summed E-state index contributed by atoms with van der Waals surface area (Å²) in [5, 5.41) is 3.01. The number of fused-ring (bicyclic) bond motifs is 2. The van der Waals surface area contributed by atoms with E-state index in [9.17, 15) is 9.59 Å². The molecule has 2 aromatic rings. The van der Waals surface area contributed by atoms with E-state index in [1.807, 2.05) is 6.92 Å². The number of carbonyl (C=O) groups excluding carboxylic acids is 2. The smallest absolute Gasteiger partial charge is 0.259 e. The van der Waals surface area contributed by atoms with E-state index < -0.39 is 23.9 Å². The third kappa shape index (κ3) is 5.60. The highest BCUT2D eigenvalue weighted by Gasteiger charge is 2.69. The van der Waals surface area contributed by atoms with Gasteiger partial charge < -0.3 is 29.0 Å². The molecule has 1 N–H and O–H groups in total. The summed E-state index contributed by atoms with van der Waals surface area (Å²) in [6.07, 6.45) is 5.69. The minimum Gasteiger partial charge on any atom is -0.497 e. The van der Waals surface area contributed by atoms with Crippen molar-refractivity contribution < 1.29 is 43.0 Å². The first-order valence-electron chi connectivity index (χ1n) is 15.3. The normalized spacial score (nSPS) is 34.1. The molecule has 1 aliphatic carbocycles. The van der Waals surface area contributed by atoms with Crippen LogP contribution in [-0.2, 0) is 24.0 Å². The van der Waals surface area contributed by atoms with Gasteiger partial charge in [0.05, 0.1) is 14.2 Å². The Morgan fingerprint density at radius 3 is 2.50 bits per heavy atom. The van der Waals surface area contributed by atoms with Crippen molar-refractivity contribution >= 4 is 17.8 Å². The van der Waals surface area contributed by atoms with Gasteiger partial charge in [-0.1, -0.05) is 13.8 Å². The van der Waals surface area contributed by atoms with Crippen LogP contribution in [0.15, 0.2) is 48.5 Å². The molecule has 2 aromatic carbocycles. The zero-order valence-corrected chi connectivity index (χ0v) is 25.9. The number of methoxy groups -OCH3 is 2. The van der Waals surface area contributed by atoms with Crippen LogP contribution >= 0.6 is 0 Å². The van der Waals surface area contributed by atoms with E-state index in [4.69, 9.17) is 33.5 Å². The zero-order chi connectivity index (χ0) is 31.1. The average molecular weight is 608 g/mol. The van der Waals surface area contributed by atoms with Crippen molar-refractivity contribution in [1.29, 1.82) is 0 Å². The minimum absolute atomic E-state index is 0.0184. The van der Waals surface area contributed by atoms with Gasteiger partial charge in [-0.25, -0.2) is 9.78 Å². The highest BCUT2D eigenvalue weighted by molar-refractivity contribution is 6.07. The molecular formula is C34H41NO9. The molecule has 5 aliphatic rings. The van der Waals surface area contributed by atoms with Gasteiger partial charge in [-0.2, -0.15) is 0 Å². The van der Waals surface area contributed by atoms with Crippen LogP contribution in [0.25, 0.3) is 6.08 Å². The van der Waals surface area contributed by atoms with Gasteiger partial charge >= 0.3 is 0 Å². The Kier molecular flexibility index (Phi) is 8.45. The molecule has 4 heterocycles. The quantitative estimate of drug-likeness (QED) is 0.231. The van der Waals surface area contributed by atoms with Crippen LogP contribution in [0.4, 0.5) is 0 Å². The highest BCUT2D eigenvalue weighted by Crippen LogP contribution is 2.60. The Hall–Kier alpha value is -3.44. The van der Waals surface area contributed by atoms with E-state index in [0.29, 0.717) is 28.7 Å². The van der Waals surface area contributed by atoms with E-state index >= 15 is 0 Å². The predicted molar refractivity (Wildman–Crippen MR) is 160 cm³/mol. The molecule has 2 bridgehead atoms. The topological polar surface area (TPSA) is 111 Å². The maximum atomic E-state index is 13.0. The van der Waals surface area contributed by atoms with Gasteiger partial charge in [-0.15, -0.1) is 0 Å². The second-order valence-corrected chi connectivity index (χ2v) is 12.5. The van der Waals surface area contributed by atoms with Crippen LogP contribution < -0.4 is 19.5 Å². The van der Waals surface area contributed by atoms with Crippen LogP contribution in [0.1, 0.15) is 62.4 Å². The standard InChI is InChI=1S/C34H41NO9/c1-20-6-13-27-21(2)31(41-32-34(27)26(20)16-17-33(3,42-32)43-44-34)35-30(37)19-40-24-10-7-22(8-11-24)28(36)14-9-23-18-25(38-4)12-15-29(23)39-5/h7-12,14-15,18,20-21,26-27,31-32H,6,13,16-17,19H2,1-5H3,(H,35,37)/b14-9+/t20-,21-,26+,27+,31+,32-,33-,34-/m1/s1. The lowest BCUT2D eigenvalue weighted by molar-refractivity contribution is -0.571. The van der Waals surface area contributed by atoms with Crippen LogP contribution in [0, 0.1) is 23.7 Å². The third-order valence-corrected chi connectivity index (χ3v) is 9.82. The first-order valence-corrected chi connectivity index (χ1v) is 15.3. The number of carbonyl (C=O) groups is 2. The van der Waals surface area contributed by atoms with Crippen molar-refractivity contribution in [2.75, 3.05) is 20.8 Å². The van der Waals surface area contributed by atoms with E-state index in [2.05, 4.69) is 19.2 Å². The molecule has 44 heavy (non-hydrogen) atoms. The highest BCUT2D eigenvalue weighted by atomic mass is 17.3. The number of benzene rings is 2. The van der Waals surface area contributed by atoms with Crippen LogP contribution in [0.5, 0.6) is 17.2 Å². The molecule has 7 rings (SSSR count). The minimum atomic E-state index is -0.874. The van der Waals surface area contributed by atoms with E-state index in [0.717, 1.165) is 31.2 Å². The summed E-state index contributed by atoms with van der Waals surface area (Å²) in [4.78, 5) is 37.8. The molecule has 1 amide bonds. The van der Waals surface area contributed by atoms with Crippen molar-refractivity contribution in [2.24, 2.45) is 23.7 Å². The van der Waals surface area contributed by atoms with Crippen LogP contribution in [-0.4, -0.2) is 56.4 Å². The monoisotopic (exact) mass is 607 g/mol. The molecular weight excluding hydrogens is 566 g/mol.